The number of hydrogen-bond acceptors (Lipinski definition) is 2. The molecule has 1 saturated heterocycles. The van der Waals surface area contributed by atoms with Gasteiger partial charge in [-0.3, -0.25) is 9.59 Å². The molecule has 2 rings (SSSR count). The molecule has 0 bridgehead atoms. The smallest absolute Gasteiger partial charge is 0.303 e. The normalized spacial score (nSPS) is 24.4. The van der Waals surface area contributed by atoms with E-state index in [1.807, 2.05) is 4.90 Å². The summed E-state index contributed by atoms with van der Waals surface area (Å²) in [5, 5.41) is 8.74. The van der Waals surface area contributed by atoms with Crippen molar-refractivity contribution in [2.24, 2.45) is 11.8 Å². The van der Waals surface area contributed by atoms with Gasteiger partial charge >= 0.3 is 5.97 Å². The van der Waals surface area contributed by atoms with Crippen LogP contribution in [0.15, 0.2) is 12.2 Å². The van der Waals surface area contributed by atoms with E-state index < -0.39 is 5.97 Å². The maximum atomic E-state index is 12.1. The first-order valence-electron chi connectivity index (χ1n) is 6.81. The number of hydrogen-bond donors (Lipinski definition) is 1. The molecule has 1 aliphatic carbocycles. The summed E-state index contributed by atoms with van der Waals surface area (Å²) < 4.78 is 0. The van der Waals surface area contributed by atoms with Crippen molar-refractivity contribution >= 4 is 11.9 Å². The summed E-state index contributed by atoms with van der Waals surface area (Å²) in [6, 6.07) is 0. The van der Waals surface area contributed by atoms with Gasteiger partial charge in [0.05, 0.1) is 0 Å². The third-order valence-corrected chi connectivity index (χ3v) is 3.98. The van der Waals surface area contributed by atoms with Crippen molar-refractivity contribution in [3.05, 3.63) is 12.2 Å². The van der Waals surface area contributed by atoms with E-state index in [1.165, 1.54) is 0 Å². The Morgan fingerprint density at radius 1 is 1.17 bits per heavy atom. The molecule has 0 aromatic carbocycles. The standard InChI is InChI=1S/C14H21NO3/c16-13(9-11-3-1-2-4-11)15-7-5-12(6-8-15)10-14(17)18/h1,3,11-12H,2,4-10H2,(H,17,18). The van der Waals surface area contributed by atoms with E-state index in [9.17, 15) is 9.59 Å². The van der Waals surface area contributed by atoms with Crippen molar-refractivity contribution < 1.29 is 14.7 Å². The second-order valence-electron chi connectivity index (χ2n) is 5.39. The summed E-state index contributed by atoms with van der Waals surface area (Å²) in [5.41, 5.74) is 0. The summed E-state index contributed by atoms with van der Waals surface area (Å²) in [5.74, 6) is 0.184. The van der Waals surface area contributed by atoms with Crippen LogP contribution in [0.5, 0.6) is 0 Å². The highest BCUT2D eigenvalue weighted by atomic mass is 16.4. The van der Waals surface area contributed by atoms with Gasteiger partial charge in [-0.15, -0.1) is 0 Å². The van der Waals surface area contributed by atoms with E-state index in [2.05, 4.69) is 12.2 Å². The average Bonchev–Trinajstić information content (AvgIpc) is 2.82. The van der Waals surface area contributed by atoms with Gasteiger partial charge in [0.15, 0.2) is 0 Å². The lowest BCUT2D eigenvalue weighted by molar-refractivity contribution is -0.138. The van der Waals surface area contributed by atoms with Gasteiger partial charge in [0.25, 0.3) is 0 Å². The molecular formula is C14H21NO3. The first-order chi connectivity index (χ1) is 8.65. The van der Waals surface area contributed by atoms with Crippen LogP contribution in [0.25, 0.3) is 0 Å². The van der Waals surface area contributed by atoms with E-state index in [-0.39, 0.29) is 18.2 Å². The second kappa shape index (κ2) is 6.03. The third-order valence-electron chi connectivity index (χ3n) is 3.98. The maximum Gasteiger partial charge on any atom is 0.303 e. The first-order valence-corrected chi connectivity index (χ1v) is 6.81. The monoisotopic (exact) mass is 251 g/mol. The summed E-state index contributed by atoms with van der Waals surface area (Å²) in [6.07, 6.45) is 9.02. The number of carbonyl (C=O) groups excluding carboxylic acids is 1. The Bertz CT molecular complexity index is 343. The predicted octanol–water partition coefficient (Wildman–Crippen LogP) is 2.06. The number of carbonyl (C=O) groups is 2. The van der Waals surface area contributed by atoms with Crippen molar-refractivity contribution in [1.82, 2.24) is 4.90 Å². The molecule has 0 aromatic heterocycles. The molecule has 18 heavy (non-hydrogen) atoms. The fraction of sp³-hybridized carbons (Fsp3) is 0.714. The SMILES string of the molecule is O=C(O)CC1CCN(C(=O)CC2C=CCC2)CC1. The molecule has 1 unspecified atom stereocenters. The summed E-state index contributed by atoms with van der Waals surface area (Å²) in [7, 11) is 0. The Morgan fingerprint density at radius 3 is 2.44 bits per heavy atom. The van der Waals surface area contributed by atoms with Gasteiger partial charge in [-0.05, 0) is 37.5 Å². The summed E-state index contributed by atoms with van der Waals surface area (Å²) in [6.45, 7) is 1.46. The number of carboxylic acids is 1. The van der Waals surface area contributed by atoms with E-state index in [1.54, 1.807) is 0 Å². The Kier molecular flexibility index (Phi) is 4.39. The van der Waals surface area contributed by atoms with Crippen molar-refractivity contribution in [3.63, 3.8) is 0 Å². The molecule has 4 heteroatoms. The number of amides is 1. The van der Waals surface area contributed by atoms with Gasteiger partial charge in [-0.2, -0.15) is 0 Å². The van der Waals surface area contributed by atoms with Crippen LogP contribution in [-0.4, -0.2) is 35.0 Å². The van der Waals surface area contributed by atoms with E-state index in [0.717, 1.165) is 38.8 Å². The van der Waals surface area contributed by atoms with Gasteiger partial charge in [-0.25, -0.2) is 0 Å². The molecule has 1 N–H and O–H groups in total. The largest absolute Gasteiger partial charge is 0.481 e. The lowest BCUT2D eigenvalue weighted by Crippen LogP contribution is -2.39. The highest BCUT2D eigenvalue weighted by molar-refractivity contribution is 5.76. The maximum absolute atomic E-state index is 12.1. The molecule has 100 valence electrons. The number of nitrogens with zero attached hydrogens (tertiary/aromatic N) is 1. The van der Waals surface area contributed by atoms with Crippen molar-refractivity contribution in [2.45, 2.75) is 38.5 Å². The zero-order chi connectivity index (χ0) is 13.0. The van der Waals surface area contributed by atoms with Crippen LogP contribution in [0, 0.1) is 11.8 Å². The molecule has 0 spiro atoms. The van der Waals surface area contributed by atoms with E-state index in [4.69, 9.17) is 5.11 Å². The minimum Gasteiger partial charge on any atom is -0.481 e. The molecule has 1 fully saturated rings. The molecule has 0 saturated carbocycles. The molecule has 2 aliphatic rings. The fourth-order valence-corrected chi connectivity index (χ4v) is 2.85. The van der Waals surface area contributed by atoms with Gasteiger partial charge in [0.1, 0.15) is 0 Å². The Labute approximate surface area is 108 Å². The summed E-state index contributed by atoms with van der Waals surface area (Å²) >= 11 is 0. The number of allylic oxidation sites excluding steroid dienone is 2. The van der Waals surface area contributed by atoms with Gasteiger partial charge in [-0.1, -0.05) is 12.2 Å². The molecule has 1 amide bonds. The molecular weight excluding hydrogens is 230 g/mol. The lowest BCUT2D eigenvalue weighted by atomic mass is 9.93. The topological polar surface area (TPSA) is 57.6 Å². The molecule has 1 atom stereocenters. The lowest BCUT2D eigenvalue weighted by Gasteiger charge is -2.32. The van der Waals surface area contributed by atoms with Crippen LogP contribution in [0.2, 0.25) is 0 Å². The number of piperidine rings is 1. The van der Waals surface area contributed by atoms with Gasteiger partial charge in [0.2, 0.25) is 5.91 Å². The van der Waals surface area contributed by atoms with Crippen molar-refractivity contribution in [1.29, 1.82) is 0 Å². The molecule has 0 aromatic rings. The van der Waals surface area contributed by atoms with Crippen LogP contribution in [0.4, 0.5) is 0 Å². The minimum atomic E-state index is -0.726. The van der Waals surface area contributed by atoms with Crippen LogP contribution in [0.3, 0.4) is 0 Å². The fourth-order valence-electron chi connectivity index (χ4n) is 2.85. The van der Waals surface area contributed by atoms with Gasteiger partial charge in [0, 0.05) is 25.9 Å². The molecule has 1 heterocycles. The first kappa shape index (κ1) is 13.1. The zero-order valence-electron chi connectivity index (χ0n) is 10.7. The number of likely N-dealkylation sites (tertiary alicyclic amines) is 1. The molecule has 4 nitrogen and oxygen atoms in total. The number of carboxylic acid groups (broad SMARTS) is 1. The predicted molar refractivity (Wildman–Crippen MR) is 68.0 cm³/mol. The molecule has 1 aliphatic heterocycles. The van der Waals surface area contributed by atoms with Crippen LogP contribution in [0.1, 0.15) is 38.5 Å². The summed E-state index contributed by atoms with van der Waals surface area (Å²) in [4.78, 5) is 24.6. The highest BCUT2D eigenvalue weighted by Crippen LogP contribution is 2.24. The van der Waals surface area contributed by atoms with Crippen molar-refractivity contribution in [2.75, 3.05) is 13.1 Å². The van der Waals surface area contributed by atoms with Crippen LogP contribution < -0.4 is 0 Å². The molecule has 0 radical (unpaired) electrons. The van der Waals surface area contributed by atoms with Crippen LogP contribution >= 0.6 is 0 Å². The highest BCUT2D eigenvalue weighted by Gasteiger charge is 2.25. The van der Waals surface area contributed by atoms with E-state index in [0.29, 0.717) is 12.3 Å². The number of rotatable bonds is 4. The Hall–Kier alpha value is -1.32. The Balaban J connectivity index is 1.73. The zero-order valence-corrected chi connectivity index (χ0v) is 10.7. The number of aliphatic carboxylic acids is 1. The van der Waals surface area contributed by atoms with Crippen molar-refractivity contribution in [3.8, 4) is 0 Å². The second-order valence-corrected chi connectivity index (χ2v) is 5.39. The Morgan fingerprint density at radius 2 is 1.89 bits per heavy atom. The van der Waals surface area contributed by atoms with E-state index >= 15 is 0 Å². The van der Waals surface area contributed by atoms with Crippen LogP contribution in [-0.2, 0) is 9.59 Å². The minimum absolute atomic E-state index is 0.236. The third kappa shape index (κ3) is 3.59. The average molecular weight is 251 g/mol. The quantitative estimate of drug-likeness (QED) is 0.778. The van der Waals surface area contributed by atoms with Gasteiger partial charge < -0.3 is 10.0 Å².